The first-order valence-corrected chi connectivity index (χ1v) is 5.54. The molecule has 0 unspecified atom stereocenters. The number of hydrogen-bond acceptors (Lipinski definition) is 4. The topological polar surface area (TPSA) is 48.4 Å². The second-order valence-corrected chi connectivity index (χ2v) is 3.74. The van der Waals surface area contributed by atoms with Crippen molar-refractivity contribution in [2.45, 2.75) is 0 Å². The van der Waals surface area contributed by atoms with E-state index in [0.717, 1.165) is 0 Å². The van der Waals surface area contributed by atoms with E-state index >= 15 is 0 Å². The first kappa shape index (κ1) is 13.0. The van der Waals surface area contributed by atoms with Crippen LogP contribution in [-0.2, 0) is 4.74 Å². The molecule has 0 aliphatic rings. The number of carbonyl (C=O) groups is 1. The maximum atomic E-state index is 14.2. The van der Waals surface area contributed by atoms with Gasteiger partial charge in [-0.15, -0.1) is 0 Å². The predicted octanol–water partition coefficient (Wildman–Crippen LogP) is 2.68. The lowest BCUT2D eigenvalue weighted by Crippen LogP contribution is -2.06. The molecular formula is C14H12FNO3. The number of nitrogens with zero attached hydrogens (tertiary/aromatic N) is 1. The van der Waals surface area contributed by atoms with Crippen LogP contribution in [0.1, 0.15) is 10.4 Å². The molecule has 1 aromatic heterocycles. The van der Waals surface area contributed by atoms with Gasteiger partial charge in [0.2, 0.25) is 0 Å². The number of pyridine rings is 1. The number of hydrogen-bond donors (Lipinski definition) is 0. The number of ether oxygens (including phenoxy) is 2. The van der Waals surface area contributed by atoms with Crippen molar-refractivity contribution >= 4 is 5.97 Å². The van der Waals surface area contributed by atoms with Crippen molar-refractivity contribution in [3.05, 3.63) is 47.9 Å². The van der Waals surface area contributed by atoms with Crippen LogP contribution in [0.2, 0.25) is 0 Å². The average molecular weight is 261 g/mol. The summed E-state index contributed by atoms with van der Waals surface area (Å²) in [6, 6.07) is 8.08. The smallest absolute Gasteiger partial charge is 0.340 e. The number of esters is 1. The molecule has 0 atom stereocenters. The lowest BCUT2D eigenvalue weighted by atomic mass is 10.1. The Hall–Kier alpha value is -2.43. The minimum atomic E-state index is -0.732. The van der Waals surface area contributed by atoms with E-state index in [1.165, 1.54) is 26.5 Å². The van der Waals surface area contributed by atoms with Crippen molar-refractivity contribution < 1.29 is 18.7 Å². The number of halogens is 1. The molecule has 0 bridgehead atoms. The highest BCUT2D eigenvalue weighted by atomic mass is 19.1. The highest BCUT2D eigenvalue weighted by Gasteiger charge is 2.17. The second kappa shape index (κ2) is 5.48. The van der Waals surface area contributed by atoms with E-state index in [4.69, 9.17) is 4.74 Å². The summed E-state index contributed by atoms with van der Waals surface area (Å²) in [4.78, 5) is 15.4. The van der Waals surface area contributed by atoms with Crippen LogP contribution in [0.15, 0.2) is 36.5 Å². The highest BCUT2D eigenvalue weighted by Crippen LogP contribution is 2.26. The number of carbonyl (C=O) groups excluding carboxylic acids is 1. The molecule has 0 spiro atoms. The number of methoxy groups -OCH3 is 2. The van der Waals surface area contributed by atoms with E-state index in [1.807, 2.05) is 0 Å². The molecule has 0 radical (unpaired) electrons. The highest BCUT2D eigenvalue weighted by molar-refractivity contribution is 5.90. The van der Waals surface area contributed by atoms with E-state index in [1.54, 1.807) is 24.3 Å². The maximum absolute atomic E-state index is 14.2. The molecule has 2 rings (SSSR count). The Morgan fingerprint density at radius 3 is 2.74 bits per heavy atom. The molecule has 5 heteroatoms. The summed E-state index contributed by atoms with van der Waals surface area (Å²) in [6.07, 6.45) is 1.37. The third-order valence-corrected chi connectivity index (χ3v) is 2.64. The standard InChI is InChI=1S/C14H12FNO3/c1-18-10-5-3-4-9(8-10)13-12(15)11(6-7-16-13)14(17)19-2/h3-8H,1-2H3. The van der Waals surface area contributed by atoms with Crippen molar-refractivity contribution in [1.29, 1.82) is 0 Å². The minimum Gasteiger partial charge on any atom is -0.497 e. The van der Waals surface area contributed by atoms with Gasteiger partial charge in [-0.05, 0) is 18.2 Å². The Labute approximate surface area is 109 Å². The Bertz CT molecular complexity index is 613. The fraction of sp³-hybridized carbons (Fsp3) is 0.143. The van der Waals surface area contributed by atoms with Gasteiger partial charge in [0.05, 0.1) is 19.8 Å². The Balaban J connectivity index is 2.53. The zero-order valence-electron chi connectivity index (χ0n) is 10.5. The van der Waals surface area contributed by atoms with Crippen LogP contribution in [-0.4, -0.2) is 25.2 Å². The summed E-state index contributed by atoms with van der Waals surface area (Å²) in [7, 11) is 2.72. The molecular weight excluding hydrogens is 249 g/mol. The normalized spacial score (nSPS) is 10.1. The molecule has 4 nitrogen and oxygen atoms in total. The Kier molecular flexibility index (Phi) is 3.75. The van der Waals surface area contributed by atoms with Crippen LogP contribution in [0.5, 0.6) is 5.75 Å². The fourth-order valence-corrected chi connectivity index (χ4v) is 1.68. The van der Waals surface area contributed by atoms with E-state index in [-0.39, 0.29) is 11.3 Å². The van der Waals surface area contributed by atoms with Crippen molar-refractivity contribution in [3.8, 4) is 17.0 Å². The SMILES string of the molecule is COC(=O)c1ccnc(-c2cccc(OC)c2)c1F. The monoisotopic (exact) mass is 261 g/mol. The third kappa shape index (κ3) is 2.54. The molecule has 0 fully saturated rings. The van der Waals surface area contributed by atoms with Crippen LogP contribution in [0, 0.1) is 5.82 Å². The third-order valence-electron chi connectivity index (χ3n) is 2.64. The van der Waals surface area contributed by atoms with Gasteiger partial charge in [0, 0.05) is 11.8 Å². The van der Waals surface area contributed by atoms with Gasteiger partial charge in [0.1, 0.15) is 11.4 Å². The van der Waals surface area contributed by atoms with E-state index in [2.05, 4.69) is 9.72 Å². The maximum Gasteiger partial charge on any atom is 0.340 e. The molecule has 0 amide bonds. The van der Waals surface area contributed by atoms with Crippen LogP contribution >= 0.6 is 0 Å². The molecule has 0 aliphatic heterocycles. The zero-order valence-corrected chi connectivity index (χ0v) is 10.5. The Morgan fingerprint density at radius 1 is 1.26 bits per heavy atom. The lowest BCUT2D eigenvalue weighted by molar-refractivity contribution is 0.0595. The average Bonchev–Trinajstić information content (AvgIpc) is 2.46. The number of benzene rings is 1. The van der Waals surface area contributed by atoms with E-state index < -0.39 is 11.8 Å². The fourth-order valence-electron chi connectivity index (χ4n) is 1.68. The van der Waals surface area contributed by atoms with Crippen LogP contribution < -0.4 is 4.74 Å². The van der Waals surface area contributed by atoms with Gasteiger partial charge in [-0.25, -0.2) is 9.18 Å². The first-order valence-electron chi connectivity index (χ1n) is 5.54. The summed E-state index contributed by atoms with van der Waals surface area (Å²) >= 11 is 0. The van der Waals surface area contributed by atoms with Gasteiger partial charge in [0.15, 0.2) is 5.82 Å². The summed E-state index contributed by atoms with van der Waals surface area (Å²) in [6.45, 7) is 0. The molecule has 0 aliphatic carbocycles. The molecule has 0 saturated heterocycles. The van der Waals surface area contributed by atoms with Gasteiger partial charge < -0.3 is 9.47 Å². The second-order valence-electron chi connectivity index (χ2n) is 3.74. The molecule has 0 saturated carbocycles. The molecule has 1 heterocycles. The molecule has 19 heavy (non-hydrogen) atoms. The van der Waals surface area contributed by atoms with Crippen molar-refractivity contribution in [2.75, 3.05) is 14.2 Å². The first-order chi connectivity index (χ1) is 9.17. The minimum absolute atomic E-state index is 0.0850. The molecule has 2 aromatic rings. The number of rotatable bonds is 3. The van der Waals surface area contributed by atoms with Gasteiger partial charge in [-0.2, -0.15) is 0 Å². The number of aromatic nitrogens is 1. The van der Waals surface area contributed by atoms with E-state index in [9.17, 15) is 9.18 Å². The summed E-state index contributed by atoms with van der Waals surface area (Å²) in [5, 5.41) is 0. The lowest BCUT2D eigenvalue weighted by Gasteiger charge is -2.07. The zero-order chi connectivity index (χ0) is 13.8. The van der Waals surface area contributed by atoms with Crippen molar-refractivity contribution in [2.24, 2.45) is 0 Å². The van der Waals surface area contributed by atoms with Gasteiger partial charge in [0.25, 0.3) is 0 Å². The van der Waals surface area contributed by atoms with Crippen LogP contribution in [0.25, 0.3) is 11.3 Å². The van der Waals surface area contributed by atoms with Crippen LogP contribution in [0.3, 0.4) is 0 Å². The van der Waals surface area contributed by atoms with E-state index in [0.29, 0.717) is 11.3 Å². The van der Waals surface area contributed by atoms with Gasteiger partial charge >= 0.3 is 5.97 Å². The van der Waals surface area contributed by atoms with Crippen molar-refractivity contribution in [1.82, 2.24) is 4.98 Å². The predicted molar refractivity (Wildman–Crippen MR) is 67.5 cm³/mol. The summed E-state index contributed by atoms with van der Waals surface area (Å²) in [5.41, 5.74) is 0.472. The van der Waals surface area contributed by atoms with Gasteiger partial charge in [-0.1, -0.05) is 12.1 Å². The molecule has 0 N–H and O–H groups in total. The molecule has 98 valence electrons. The van der Waals surface area contributed by atoms with Gasteiger partial charge in [-0.3, -0.25) is 4.98 Å². The quantitative estimate of drug-likeness (QED) is 0.797. The van der Waals surface area contributed by atoms with Crippen molar-refractivity contribution in [3.63, 3.8) is 0 Å². The Morgan fingerprint density at radius 2 is 2.05 bits per heavy atom. The summed E-state index contributed by atoms with van der Waals surface area (Å²) < 4.78 is 23.8. The molecule has 1 aromatic carbocycles. The largest absolute Gasteiger partial charge is 0.497 e. The van der Waals surface area contributed by atoms with Crippen LogP contribution in [0.4, 0.5) is 4.39 Å². The summed E-state index contributed by atoms with van der Waals surface area (Å²) in [5.74, 6) is -0.853.